The molecule has 6 heteroatoms. The van der Waals surface area contributed by atoms with E-state index in [-0.39, 0.29) is 11.9 Å². The van der Waals surface area contributed by atoms with Crippen LogP contribution in [0.25, 0.3) is 0 Å². The predicted molar refractivity (Wildman–Crippen MR) is 142 cm³/mol. The summed E-state index contributed by atoms with van der Waals surface area (Å²) in [4.78, 5) is 32.7. The smallest absolute Gasteiger partial charge is 0.308 e. The van der Waals surface area contributed by atoms with Crippen molar-refractivity contribution >= 4 is 17.7 Å². The minimum absolute atomic E-state index is 0.0324. The number of anilines is 1. The molecule has 1 atom stereocenters. The highest BCUT2D eigenvalue weighted by Gasteiger charge is 2.44. The van der Waals surface area contributed by atoms with Crippen LogP contribution in [0.4, 0.5) is 5.82 Å². The van der Waals surface area contributed by atoms with E-state index in [1.54, 1.807) is 0 Å². The van der Waals surface area contributed by atoms with Gasteiger partial charge in [-0.25, -0.2) is 4.98 Å². The average Bonchev–Trinajstić information content (AvgIpc) is 2.83. The van der Waals surface area contributed by atoms with E-state index in [2.05, 4.69) is 0 Å². The Kier molecular flexibility index (Phi) is 7.44. The molecular formula is C30H40N2O4. The molecule has 2 heterocycles. The van der Waals surface area contributed by atoms with E-state index in [1.165, 1.54) is 26.2 Å². The molecule has 1 aromatic carbocycles. The Bertz CT molecular complexity index is 1160. The fourth-order valence-corrected chi connectivity index (χ4v) is 5.83. The van der Waals surface area contributed by atoms with Crippen LogP contribution in [0.1, 0.15) is 85.9 Å². The number of aromatic nitrogens is 1. The van der Waals surface area contributed by atoms with Gasteiger partial charge >= 0.3 is 5.97 Å². The van der Waals surface area contributed by atoms with E-state index in [1.807, 2.05) is 58.6 Å². The number of nitrogens with zero attached hydrogens (tertiary/aromatic N) is 2. The zero-order valence-electron chi connectivity index (χ0n) is 22.9. The molecule has 194 valence electrons. The molecule has 0 radical (unpaired) electrons. The molecular weight excluding hydrogens is 452 g/mol. The summed E-state index contributed by atoms with van der Waals surface area (Å²) in [6, 6.07) is 4.05. The Labute approximate surface area is 215 Å². The van der Waals surface area contributed by atoms with Crippen molar-refractivity contribution in [2.24, 2.45) is 5.92 Å². The number of hydrogen-bond donors (Lipinski definition) is 0. The first-order valence-corrected chi connectivity index (χ1v) is 13.3. The van der Waals surface area contributed by atoms with Crippen molar-refractivity contribution < 1.29 is 19.1 Å². The van der Waals surface area contributed by atoms with Crippen LogP contribution in [0, 0.1) is 40.5 Å². The first kappa shape index (κ1) is 26.2. The van der Waals surface area contributed by atoms with Gasteiger partial charge in [0.05, 0.1) is 0 Å². The lowest BCUT2D eigenvalue weighted by Gasteiger charge is -2.40. The Morgan fingerprint density at radius 2 is 1.75 bits per heavy atom. The van der Waals surface area contributed by atoms with Crippen LogP contribution in [0.15, 0.2) is 12.1 Å². The highest BCUT2D eigenvalue weighted by Crippen LogP contribution is 2.44. The van der Waals surface area contributed by atoms with Gasteiger partial charge in [-0.1, -0.05) is 19.3 Å². The summed E-state index contributed by atoms with van der Waals surface area (Å²) in [6.45, 7) is 13.9. The Balaban J connectivity index is 1.71. The number of fused-ring (bicyclic) bond motifs is 1. The van der Waals surface area contributed by atoms with Crippen molar-refractivity contribution in [2.75, 3.05) is 11.4 Å². The number of rotatable bonds is 5. The number of ether oxygens (including phenoxy) is 2. The largest absolute Gasteiger partial charge is 0.477 e. The van der Waals surface area contributed by atoms with Crippen molar-refractivity contribution in [3.8, 4) is 11.5 Å². The van der Waals surface area contributed by atoms with Gasteiger partial charge in [0.1, 0.15) is 17.3 Å². The second-order valence-electron chi connectivity index (χ2n) is 11.0. The average molecular weight is 493 g/mol. The van der Waals surface area contributed by atoms with Crippen molar-refractivity contribution in [3.05, 3.63) is 45.6 Å². The first-order valence-electron chi connectivity index (χ1n) is 13.3. The number of amides is 1. The third-order valence-electron chi connectivity index (χ3n) is 7.96. The number of hydrogen-bond acceptors (Lipinski definition) is 5. The fraction of sp³-hybridized carbons (Fsp3) is 0.567. The lowest BCUT2D eigenvalue weighted by atomic mass is 9.85. The molecule has 0 N–H and O–H groups in total. The minimum atomic E-state index is -1.01. The van der Waals surface area contributed by atoms with Gasteiger partial charge in [0.25, 0.3) is 5.91 Å². The lowest BCUT2D eigenvalue weighted by molar-refractivity contribution is -0.134. The molecule has 0 bridgehead atoms. The van der Waals surface area contributed by atoms with E-state index < -0.39 is 5.60 Å². The maximum absolute atomic E-state index is 14.3. The molecule has 36 heavy (non-hydrogen) atoms. The maximum atomic E-state index is 14.3. The van der Waals surface area contributed by atoms with Gasteiger partial charge in [0.15, 0.2) is 5.60 Å². The van der Waals surface area contributed by atoms with Crippen LogP contribution in [0.3, 0.4) is 0 Å². The molecule has 4 rings (SSSR count). The van der Waals surface area contributed by atoms with Gasteiger partial charge in [-0.3, -0.25) is 14.5 Å². The maximum Gasteiger partial charge on any atom is 0.308 e. The topological polar surface area (TPSA) is 68.7 Å². The normalized spacial score (nSPS) is 19.9. The molecule has 1 aliphatic heterocycles. The molecule has 6 nitrogen and oxygen atoms in total. The van der Waals surface area contributed by atoms with Crippen LogP contribution >= 0.6 is 0 Å². The van der Waals surface area contributed by atoms with Crippen LogP contribution in [0.5, 0.6) is 11.5 Å². The summed E-state index contributed by atoms with van der Waals surface area (Å²) in [5, 5.41) is 0. The van der Waals surface area contributed by atoms with Gasteiger partial charge in [-0.05, 0) is 101 Å². The molecule has 2 aliphatic rings. The van der Waals surface area contributed by atoms with E-state index in [0.717, 1.165) is 52.1 Å². The van der Waals surface area contributed by atoms with Crippen LogP contribution in [0.2, 0.25) is 0 Å². The lowest BCUT2D eigenvalue weighted by Crippen LogP contribution is -2.54. The van der Waals surface area contributed by atoms with Gasteiger partial charge in [0, 0.05) is 31.1 Å². The molecule has 1 aliphatic carbocycles. The minimum Gasteiger partial charge on any atom is -0.477 e. The molecule has 0 saturated heterocycles. The van der Waals surface area contributed by atoms with Gasteiger partial charge < -0.3 is 9.47 Å². The number of aryl methyl sites for hydroxylation is 2. The predicted octanol–water partition coefficient (Wildman–Crippen LogP) is 6.25. The van der Waals surface area contributed by atoms with E-state index in [9.17, 15) is 9.59 Å². The number of esters is 1. The zero-order valence-corrected chi connectivity index (χ0v) is 22.9. The van der Waals surface area contributed by atoms with Crippen molar-refractivity contribution in [2.45, 2.75) is 99.0 Å². The number of carbonyl (C=O) groups excluding carboxylic acids is 2. The van der Waals surface area contributed by atoms with Crippen LogP contribution in [-0.2, 0) is 16.0 Å². The monoisotopic (exact) mass is 492 g/mol. The Morgan fingerprint density at radius 3 is 2.39 bits per heavy atom. The van der Waals surface area contributed by atoms with E-state index >= 15 is 0 Å². The Morgan fingerprint density at radius 1 is 1.06 bits per heavy atom. The zero-order chi connectivity index (χ0) is 26.2. The molecule has 1 fully saturated rings. The summed E-state index contributed by atoms with van der Waals surface area (Å²) < 4.78 is 12.2. The fourth-order valence-electron chi connectivity index (χ4n) is 5.83. The van der Waals surface area contributed by atoms with Gasteiger partial charge in [-0.15, -0.1) is 0 Å². The Hall–Kier alpha value is -2.89. The second kappa shape index (κ2) is 10.2. The summed E-state index contributed by atoms with van der Waals surface area (Å²) in [5.74, 6) is 2.17. The molecule has 0 spiro atoms. The highest BCUT2D eigenvalue weighted by molar-refractivity contribution is 5.99. The molecule has 1 aromatic heterocycles. The molecule has 2 aromatic rings. The highest BCUT2D eigenvalue weighted by atomic mass is 16.5. The SMILES string of the molecule is CC(=O)Oc1c(C)c(C)c2c(c1C)CCC(C)(C(=O)N(CC1CCCCC1)c1cc(C)cc(C)n1)O2. The molecule has 1 saturated carbocycles. The van der Waals surface area contributed by atoms with Gasteiger partial charge in [-0.2, -0.15) is 0 Å². The standard InChI is InChI=1S/C30H40N2O4/c1-18-15-19(2)31-26(16-18)32(17-24-11-9-8-10-12-24)29(34)30(7)14-13-25-22(5)27(35-23(6)33)20(3)21(4)28(25)36-30/h15-16,24H,8-14,17H2,1-7H3. The number of pyridine rings is 1. The van der Waals surface area contributed by atoms with Gasteiger partial charge in [0.2, 0.25) is 0 Å². The summed E-state index contributed by atoms with van der Waals surface area (Å²) >= 11 is 0. The second-order valence-corrected chi connectivity index (χ2v) is 11.0. The quantitative estimate of drug-likeness (QED) is 0.365. The summed E-state index contributed by atoms with van der Waals surface area (Å²) in [5.41, 5.74) is 4.71. The summed E-state index contributed by atoms with van der Waals surface area (Å²) in [6.07, 6.45) is 7.23. The van der Waals surface area contributed by atoms with E-state index in [4.69, 9.17) is 14.5 Å². The van der Waals surface area contributed by atoms with E-state index in [0.29, 0.717) is 36.9 Å². The summed E-state index contributed by atoms with van der Waals surface area (Å²) in [7, 11) is 0. The number of benzene rings is 1. The molecule has 1 amide bonds. The van der Waals surface area contributed by atoms with Crippen molar-refractivity contribution in [1.82, 2.24) is 4.98 Å². The third kappa shape index (κ3) is 5.14. The van der Waals surface area contributed by atoms with Crippen LogP contribution in [-0.4, -0.2) is 29.0 Å². The van der Waals surface area contributed by atoms with Crippen LogP contribution < -0.4 is 14.4 Å². The number of carbonyl (C=O) groups is 2. The molecule has 1 unspecified atom stereocenters. The first-order chi connectivity index (χ1) is 17.0. The van der Waals surface area contributed by atoms with Crippen molar-refractivity contribution in [3.63, 3.8) is 0 Å². The third-order valence-corrected chi connectivity index (χ3v) is 7.96. The van der Waals surface area contributed by atoms with Crippen molar-refractivity contribution in [1.29, 1.82) is 0 Å².